The van der Waals surface area contributed by atoms with Gasteiger partial charge in [-0.3, -0.25) is 19.3 Å². The Morgan fingerprint density at radius 1 is 0.977 bits per heavy atom. The number of hydrogen-bond donors (Lipinski definition) is 1. The van der Waals surface area contributed by atoms with Gasteiger partial charge in [0.2, 0.25) is 11.8 Å². The Morgan fingerprint density at radius 3 is 2.12 bits per heavy atom. The lowest BCUT2D eigenvalue weighted by atomic mass is 10.1. The Hall–Kier alpha value is -1.84. The highest BCUT2D eigenvalue weighted by atomic mass is 79.9. The molecule has 12 heteroatoms. The van der Waals surface area contributed by atoms with Crippen molar-refractivity contribution >= 4 is 103 Å². The number of halogens is 5. The highest BCUT2D eigenvalue weighted by Crippen LogP contribution is 2.40. The maximum atomic E-state index is 13.2. The van der Waals surface area contributed by atoms with Crippen molar-refractivity contribution in [2.75, 3.05) is 15.2 Å². The molecule has 3 rings (SSSR count). The fourth-order valence-electron chi connectivity index (χ4n) is 4.86. The summed E-state index contributed by atoms with van der Waals surface area (Å²) in [5, 5.41) is 8.12. The molecule has 2 aromatic carbocycles. The molecule has 7 nitrogen and oxygen atoms in total. The smallest absolute Gasteiger partial charge is 0.269 e. The molecule has 234 valence electrons. The highest BCUT2D eigenvalue weighted by Gasteiger charge is 2.41. The van der Waals surface area contributed by atoms with Crippen molar-refractivity contribution in [1.29, 1.82) is 0 Å². The number of nitrogens with one attached hydrogen (secondary N) is 1. The Balaban J connectivity index is 1.68. The first kappa shape index (κ1) is 35.6. The number of amidine groups is 1. The maximum absolute atomic E-state index is 13.2. The molecule has 1 heterocycles. The molecule has 2 unspecified atom stereocenters. The summed E-state index contributed by atoms with van der Waals surface area (Å²) in [6.45, 7) is 3.56. The number of para-hydroxylation sites is 2. The van der Waals surface area contributed by atoms with E-state index in [9.17, 15) is 14.4 Å². The van der Waals surface area contributed by atoms with Crippen molar-refractivity contribution in [3.05, 3.63) is 51.5 Å². The van der Waals surface area contributed by atoms with Crippen LogP contribution in [-0.2, 0) is 14.4 Å². The van der Waals surface area contributed by atoms with E-state index in [0.29, 0.717) is 22.8 Å². The number of benzene rings is 2. The highest BCUT2D eigenvalue weighted by molar-refractivity contribution is 9.10. The second kappa shape index (κ2) is 17.6. The van der Waals surface area contributed by atoms with E-state index in [0.717, 1.165) is 24.3 Å². The van der Waals surface area contributed by atoms with Crippen LogP contribution >= 0.6 is 62.3 Å². The Kier molecular flexibility index (Phi) is 14.6. The number of nitrogens with zero attached hydrogens (tertiary/aromatic N) is 3. The summed E-state index contributed by atoms with van der Waals surface area (Å²) in [6.07, 6.45) is 12.5. The van der Waals surface area contributed by atoms with Gasteiger partial charge in [0.15, 0.2) is 10.7 Å². The summed E-state index contributed by atoms with van der Waals surface area (Å²) in [7, 11) is 0. The molecule has 43 heavy (non-hydrogen) atoms. The normalized spacial score (nSPS) is 15.4. The van der Waals surface area contributed by atoms with Crippen molar-refractivity contribution in [2.24, 2.45) is 5.10 Å². The van der Waals surface area contributed by atoms with Crippen LogP contribution in [0.25, 0.3) is 0 Å². The Bertz CT molecular complexity index is 1300. The van der Waals surface area contributed by atoms with Gasteiger partial charge in [-0.1, -0.05) is 134 Å². The molecule has 1 N–H and O–H groups in total. The molecule has 2 atom stereocenters. The van der Waals surface area contributed by atoms with E-state index in [1.165, 1.54) is 68.9 Å². The first-order valence-corrected chi connectivity index (χ1v) is 17.1. The van der Waals surface area contributed by atoms with Crippen LogP contribution < -0.4 is 15.2 Å². The average Bonchev–Trinajstić information content (AvgIpc) is 3.23. The first-order valence-electron chi connectivity index (χ1n) is 14.6. The predicted molar refractivity (Wildman–Crippen MR) is 183 cm³/mol. The number of rotatable bonds is 15. The largest absolute Gasteiger partial charge is 0.323 e. The predicted octanol–water partition coefficient (Wildman–Crippen LogP) is 9.98. The molecule has 0 fully saturated rings. The van der Waals surface area contributed by atoms with Crippen LogP contribution in [0.1, 0.15) is 84.5 Å². The summed E-state index contributed by atoms with van der Waals surface area (Å²) >= 11 is 28.6. The molecule has 1 aliphatic rings. The second-order valence-electron chi connectivity index (χ2n) is 10.5. The Morgan fingerprint density at radius 2 is 1.53 bits per heavy atom. The number of alkyl halides is 2. The zero-order chi connectivity index (χ0) is 31.5. The van der Waals surface area contributed by atoms with Crippen molar-refractivity contribution in [3.8, 4) is 0 Å². The molecule has 2 aromatic rings. The lowest BCUT2D eigenvalue weighted by molar-refractivity contribution is -0.117. The van der Waals surface area contributed by atoms with Crippen molar-refractivity contribution in [1.82, 2.24) is 0 Å². The van der Waals surface area contributed by atoms with Gasteiger partial charge in [-0.05, 0) is 30.7 Å². The lowest BCUT2D eigenvalue weighted by Crippen LogP contribution is -2.41. The molecule has 0 saturated heterocycles. The summed E-state index contributed by atoms with van der Waals surface area (Å²) in [5.41, 5.74) is 0.823. The van der Waals surface area contributed by atoms with Crippen LogP contribution in [0.15, 0.2) is 41.5 Å². The van der Waals surface area contributed by atoms with Gasteiger partial charge in [-0.15, -0.1) is 16.7 Å². The van der Waals surface area contributed by atoms with Gasteiger partial charge in [0, 0.05) is 11.9 Å². The number of amides is 3. The number of unbranched alkanes of at least 4 members (excludes halogenated alkanes) is 9. The third-order valence-corrected chi connectivity index (χ3v) is 9.10. The molecule has 0 radical (unpaired) electrons. The van der Waals surface area contributed by atoms with Crippen LogP contribution in [-0.4, -0.2) is 33.8 Å². The van der Waals surface area contributed by atoms with E-state index in [-0.39, 0.29) is 27.5 Å². The summed E-state index contributed by atoms with van der Waals surface area (Å²) in [5.74, 6) is -1.23. The zero-order valence-electron chi connectivity index (χ0n) is 24.4. The fourth-order valence-corrected chi connectivity index (χ4v) is 6.53. The second-order valence-corrected chi connectivity index (χ2v) is 13.2. The summed E-state index contributed by atoms with van der Waals surface area (Å²) < 4.78 is 0. The van der Waals surface area contributed by atoms with Crippen LogP contribution in [0.5, 0.6) is 0 Å². The topological polar surface area (TPSA) is 82.1 Å². The molecule has 0 aromatic heterocycles. The number of hydrazone groups is 1. The van der Waals surface area contributed by atoms with Gasteiger partial charge >= 0.3 is 0 Å². The minimum absolute atomic E-state index is 0.0778. The standard InChI is InChI=1S/C31H37BrCl4N4O3/c1-3-4-5-6-7-8-9-10-11-12-15-22(34)30(42)37-25-16-13-14-17-26(25)39(20(2)41)29-27(32)31(43)40(38-29)28-23(35)18-21(33)19-24(28)36/h13-14,16-19,22,27H,3-12,15H2,1-2H3,(H,37,42). The number of carbonyl (C=O) groups is 3. The third-order valence-electron chi connectivity index (χ3n) is 7.09. The molecule has 0 saturated carbocycles. The minimum atomic E-state index is -1.000. The SMILES string of the molecule is CCCCCCCCCCCCC(Cl)C(=O)Nc1ccccc1N(C(C)=O)C1=NN(c2c(Cl)cc(Cl)cc2Cl)C(=O)C1Br. The van der Waals surface area contributed by atoms with Gasteiger partial charge < -0.3 is 5.32 Å². The minimum Gasteiger partial charge on any atom is -0.323 e. The van der Waals surface area contributed by atoms with E-state index >= 15 is 0 Å². The molecule has 0 aliphatic carbocycles. The van der Waals surface area contributed by atoms with Gasteiger partial charge in [-0.2, -0.15) is 5.01 Å². The van der Waals surface area contributed by atoms with Crippen LogP contribution in [0, 0.1) is 0 Å². The lowest BCUT2D eigenvalue weighted by Gasteiger charge is -2.24. The van der Waals surface area contributed by atoms with Gasteiger partial charge in [0.25, 0.3) is 5.91 Å². The van der Waals surface area contributed by atoms with Gasteiger partial charge in [-0.25, -0.2) is 0 Å². The average molecular weight is 735 g/mol. The summed E-state index contributed by atoms with van der Waals surface area (Å²) in [6, 6.07) is 9.66. The summed E-state index contributed by atoms with van der Waals surface area (Å²) in [4.78, 5) is 39.5. The van der Waals surface area contributed by atoms with Crippen LogP contribution in [0.3, 0.4) is 0 Å². The molecular weight excluding hydrogens is 698 g/mol. The molecule has 0 spiro atoms. The van der Waals surface area contributed by atoms with E-state index in [4.69, 9.17) is 46.4 Å². The van der Waals surface area contributed by atoms with Crippen molar-refractivity contribution < 1.29 is 14.4 Å². The number of carbonyl (C=O) groups excluding carboxylic acids is 3. The van der Waals surface area contributed by atoms with Gasteiger partial charge in [0.05, 0.1) is 21.4 Å². The van der Waals surface area contributed by atoms with Crippen molar-refractivity contribution in [3.63, 3.8) is 0 Å². The maximum Gasteiger partial charge on any atom is 0.269 e. The zero-order valence-corrected chi connectivity index (χ0v) is 29.0. The number of anilines is 3. The van der Waals surface area contributed by atoms with Gasteiger partial charge in [0.1, 0.15) is 11.1 Å². The van der Waals surface area contributed by atoms with Crippen molar-refractivity contribution in [2.45, 2.75) is 94.7 Å². The van der Waals surface area contributed by atoms with E-state index in [2.05, 4.69) is 33.3 Å². The molecular formula is C31H37BrCl4N4O3. The Labute approximate surface area is 282 Å². The van der Waals surface area contributed by atoms with E-state index in [1.54, 1.807) is 24.3 Å². The third kappa shape index (κ3) is 9.82. The monoisotopic (exact) mass is 732 g/mol. The van der Waals surface area contributed by atoms with Crippen LogP contribution in [0.4, 0.5) is 17.1 Å². The quantitative estimate of drug-likeness (QED) is 0.146. The first-order chi connectivity index (χ1) is 20.6. The molecule has 3 amide bonds. The van der Waals surface area contributed by atoms with E-state index in [1.807, 2.05) is 0 Å². The van der Waals surface area contributed by atoms with E-state index < -0.39 is 22.0 Å². The van der Waals surface area contributed by atoms with Crippen LogP contribution in [0.2, 0.25) is 15.1 Å². The molecule has 1 aliphatic heterocycles. The molecule has 0 bridgehead atoms. The fraction of sp³-hybridized carbons (Fsp3) is 0.484. The number of hydrogen-bond acceptors (Lipinski definition) is 4.